The number of hydrogen-bond acceptors (Lipinski definition) is 4. The van der Waals surface area contributed by atoms with Gasteiger partial charge in [0.25, 0.3) is 5.91 Å². The molecule has 1 heterocycles. The molecule has 2 rings (SSSR count). The van der Waals surface area contributed by atoms with Crippen LogP contribution in [0, 0.1) is 5.92 Å². The molecule has 0 aliphatic carbocycles. The van der Waals surface area contributed by atoms with Gasteiger partial charge in [0.15, 0.2) is 6.61 Å². The summed E-state index contributed by atoms with van der Waals surface area (Å²) >= 11 is 0. The molecule has 6 nitrogen and oxygen atoms in total. The van der Waals surface area contributed by atoms with Crippen molar-refractivity contribution in [3.05, 3.63) is 30.3 Å². The molecule has 1 fully saturated rings. The first-order valence-electron chi connectivity index (χ1n) is 8.43. The van der Waals surface area contributed by atoms with Gasteiger partial charge in [-0.3, -0.25) is 4.79 Å². The third kappa shape index (κ3) is 6.10. The van der Waals surface area contributed by atoms with Crippen molar-refractivity contribution in [2.45, 2.75) is 32.7 Å². The summed E-state index contributed by atoms with van der Waals surface area (Å²) in [4.78, 5) is 25.6. The number of amides is 2. The predicted octanol–water partition coefficient (Wildman–Crippen LogP) is 2.44. The Bertz CT molecular complexity index is 525. The van der Waals surface area contributed by atoms with Crippen LogP contribution in [0.4, 0.5) is 4.79 Å². The lowest BCUT2D eigenvalue weighted by Gasteiger charge is -2.32. The molecule has 1 aromatic carbocycles. The summed E-state index contributed by atoms with van der Waals surface area (Å²) in [5.74, 6) is 0.981. The lowest BCUT2D eigenvalue weighted by Crippen LogP contribution is -2.47. The van der Waals surface area contributed by atoms with Gasteiger partial charge < -0.3 is 19.7 Å². The fourth-order valence-electron chi connectivity index (χ4n) is 2.48. The molecule has 1 N–H and O–H groups in total. The SMILES string of the molecule is CC(C)COC(=O)NC1CCN(C(=O)COc2ccccc2)CC1. The summed E-state index contributed by atoms with van der Waals surface area (Å²) in [5, 5.41) is 2.86. The van der Waals surface area contributed by atoms with E-state index in [9.17, 15) is 9.59 Å². The molecule has 0 saturated carbocycles. The maximum absolute atomic E-state index is 12.2. The van der Waals surface area contributed by atoms with E-state index in [0.717, 1.165) is 12.8 Å². The fraction of sp³-hybridized carbons (Fsp3) is 0.556. The zero-order valence-electron chi connectivity index (χ0n) is 14.4. The molecule has 0 spiro atoms. The fourth-order valence-corrected chi connectivity index (χ4v) is 2.48. The Balaban J connectivity index is 1.66. The number of piperidine rings is 1. The second-order valence-corrected chi connectivity index (χ2v) is 6.39. The van der Waals surface area contributed by atoms with Crippen LogP contribution in [-0.4, -0.2) is 49.2 Å². The first-order chi connectivity index (χ1) is 11.5. The van der Waals surface area contributed by atoms with E-state index in [1.54, 1.807) is 4.90 Å². The average Bonchev–Trinajstić information content (AvgIpc) is 2.59. The number of hydrogen-bond donors (Lipinski definition) is 1. The van der Waals surface area contributed by atoms with Crippen LogP contribution in [0.25, 0.3) is 0 Å². The Hall–Kier alpha value is -2.24. The van der Waals surface area contributed by atoms with Crippen molar-refractivity contribution in [3.8, 4) is 5.75 Å². The molecule has 132 valence electrons. The molecule has 0 bridgehead atoms. The van der Waals surface area contributed by atoms with Crippen molar-refractivity contribution in [1.29, 1.82) is 0 Å². The van der Waals surface area contributed by atoms with Crippen LogP contribution in [0.5, 0.6) is 5.75 Å². The lowest BCUT2D eigenvalue weighted by molar-refractivity contribution is -0.134. The van der Waals surface area contributed by atoms with E-state index in [2.05, 4.69) is 5.32 Å². The Kier molecular flexibility index (Phi) is 6.90. The minimum absolute atomic E-state index is 0.0281. The molecular weight excluding hydrogens is 308 g/mol. The van der Waals surface area contributed by atoms with Crippen LogP contribution in [0.2, 0.25) is 0 Å². The van der Waals surface area contributed by atoms with E-state index in [1.165, 1.54) is 0 Å². The minimum Gasteiger partial charge on any atom is -0.484 e. The van der Waals surface area contributed by atoms with Gasteiger partial charge in [-0.25, -0.2) is 4.79 Å². The van der Waals surface area contributed by atoms with E-state index >= 15 is 0 Å². The number of nitrogens with one attached hydrogen (secondary N) is 1. The van der Waals surface area contributed by atoms with Gasteiger partial charge in [0.1, 0.15) is 5.75 Å². The Morgan fingerprint density at radius 2 is 1.88 bits per heavy atom. The Morgan fingerprint density at radius 1 is 1.21 bits per heavy atom. The topological polar surface area (TPSA) is 67.9 Å². The number of alkyl carbamates (subject to hydrolysis) is 1. The van der Waals surface area contributed by atoms with E-state index in [-0.39, 0.29) is 24.6 Å². The molecular formula is C18H26N2O4. The average molecular weight is 334 g/mol. The van der Waals surface area contributed by atoms with Gasteiger partial charge in [0, 0.05) is 19.1 Å². The van der Waals surface area contributed by atoms with Gasteiger partial charge in [0.2, 0.25) is 0 Å². The maximum Gasteiger partial charge on any atom is 0.407 e. The monoisotopic (exact) mass is 334 g/mol. The number of carbonyl (C=O) groups excluding carboxylic acids is 2. The number of nitrogens with zero attached hydrogens (tertiary/aromatic N) is 1. The van der Waals surface area contributed by atoms with Crippen molar-refractivity contribution in [1.82, 2.24) is 10.2 Å². The largest absolute Gasteiger partial charge is 0.484 e. The first-order valence-corrected chi connectivity index (χ1v) is 8.43. The third-order valence-electron chi connectivity index (χ3n) is 3.82. The van der Waals surface area contributed by atoms with Gasteiger partial charge in [-0.15, -0.1) is 0 Å². The second kappa shape index (κ2) is 9.15. The molecule has 0 unspecified atom stereocenters. The second-order valence-electron chi connectivity index (χ2n) is 6.39. The first kappa shape index (κ1) is 18.1. The highest BCUT2D eigenvalue weighted by Gasteiger charge is 2.24. The van der Waals surface area contributed by atoms with E-state index in [1.807, 2.05) is 44.2 Å². The summed E-state index contributed by atoms with van der Waals surface area (Å²) in [6.07, 6.45) is 1.09. The summed E-state index contributed by atoms with van der Waals surface area (Å²) in [6, 6.07) is 9.35. The molecule has 0 atom stereocenters. The molecule has 1 aromatic rings. The van der Waals surface area contributed by atoms with Crippen molar-refractivity contribution >= 4 is 12.0 Å². The van der Waals surface area contributed by atoms with Gasteiger partial charge in [-0.2, -0.15) is 0 Å². The van der Waals surface area contributed by atoms with E-state index < -0.39 is 0 Å². The highest BCUT2D eigenvalue weighted by Crippen LogP contribution is 2.12. The van der Waals surface area contributed by atoms with Crippen LogP contribution in [-0.2, 0) is 9.53 Å². The van der Waals surface area contributed by atoms with Gasteiger partial charge in [-0.05, 0) is 30.9 Å². The van der Waals surface area contributed by atoms with Crippen LogP contribution < -0.4 is 10.1 Å². The van der Waals surface area contributed by atoms with Crippen molar-refractivity contribution in [3.63, 3.8) is 0 Å². The molecule has 24 heavy (non-hydrogen) atoms. The zero-order chi connectivity index (χ0) is 17.4. The third-order valence-corrected chi connectivity index (χ3v) is 3.82. The van der Waals surface area contributed by atoms with Gasteiger partial charge >= 0.3 is 6.09 Å². The van der Waals surface area contributed by atoms with Crippen molar-refractivity contribution in [2.75, 3.05) is 26.3 Å². The van der Waals surface area contributed by atoms with Crippen LogP contribution >= 0.6 is 0 Å². The molecule has 1 aliphatic rings. The Morgan fingerprint density at radius 3 is 2.50 bits per heavy atom. The molecule has 0 aromatic heterocycles. The Labute approximate surface area is 143 Å². The molecule has 2 amide bonds. The summed E-state index contributed by atoms with van der Waals surface area (Å²) < 4.78 is 10.6. The highest BCUT2D eigenvalue weighted by atomic mass is 16.5. The number of likely N-dealkylation sites (tertiary alicyclic amines) is 1. The van der Waals surface area contributed by atoms with E-state index in [0.29, 0.717) is 31.4 Å². The lowest BCUT2D eigenvalue weighted by atomic mass is 10.1. The normalized spacial score (nSPS) is 15.2. The summed E-state index contributed by atoms with van der Waals surface area (Å²) in [6.45, 7) is 5.68. The van der Waals surface area contributed by atoms with Crippen molar-refractivity contribution in [2.24, 2.45) is 5.92 Å². The molecule has 1 saturated heterocycles. The standard InChI is InChI=1S/C18H26N2O4/c1-14(2)12-24-18(22)19-15-8-10-20(11-9-15)17(21)13-23-16-6-4-3-5-7-16/h3-7,14-15H,8-13H2,1-2H3,(H,19,22). The zero-order valence-corrected chi connectivity index (χ0v) is 14.4. The molecule has 6 heteroatoms. The number of ether oxygens (including phenoxy) is 2. The maximum atomic E-state index is 12.2. The number of rotatable bonds is 6. The number of para-hydroxylation sites is 1. The molecule has 0 radical (unpaired) electrons. The van der Waals surface area contributed by atoms with Gasteiger partial charge in [0.05, 0.1) is 6.61 Å². The quantitative estimate of drug-likeness (QED) is 0.868. The van der Waals surface area contributed by atoms with Crippen LogP contribution in [0.1, 0.15) is 26.7 Å². The number of carbonyl (C=O) groups is 2. The summed E-state index contributed by atoms with van der Waals surface area (Å²) in [7, 11) is 0. The molecule has 1 aliphatic heterocycles. The highest BCUT2D eigenvalue weighted by molar-refractivity contribution is 5.78. The predicted molar refractivity (Wildman–Crippen MR) is 90.9 cm³/mol. The summed E-state index contributed by atoms with van der Waals surface area (Å²) in [5.41, 5.74) is 0. The van der Waals surface area contributed by atoms with Crippen LogP contribution in [0.3, 0.4) is 0 Å². The smallest absolute Gasteiger partial charge is 0.407 e. The van der Waals surface area contributed by atoms with E-state index in [4.69, 9.17) is 9.47 Å². The van der Waals surface area contributed by atoms with Crippen molar-refractivity contribution < 1.29 is 19.1 Å². The van der Waals surface area contributed by atoms with Crippen LogP contribution in [0.15, 0.2) is 30.3 Å². The minimum atomic E-state index is -0.374. The van der Waals surface area contributed by atoms with Gasteiger partial charge in [-0.1, -0.05) is 32.0 Å². The number of benzene rings is 1.